The fourth-order valence-electron chi connectivity index (χ4n) is 1.79. The first-order valence-corrected chi connectivity index (χ1v) is 8.84. The number of benzene rings is 2. The molecule has 0 fully saturated rings. The van der Waals surface area contributed by atoms with E-state index in [1.165, 1.54) is 18.2 Å². The number of halogens is 3. The van der Waals surface area contributed by atoms with Crippen LogP contribution in [0, 0.1) is 10.1 Å². The first-order valence-electron chi connectivity index (χ1n) is 6.89. The van der Waals surface area contributed by atoms with E-state index in [-0.39, 0.29) is 22.4 Å². The van der Waals surface area contributed by atoms with E-state index in [9.17, 15) is 14.9 Å². The SMILES string of the molecule is O=C(COc1ccc(Br)cc1Cl)NC(=S)Nc1ccc(Cl)c([N+](=O)[O-])c1. The van der Waals surface area contributed by atoms with Crippen molar-refractivity contribution in [2.45, 2.75) is 0 Å². The maximum absolute atomic E-state index is 11.9. The van der Waals surface area contributed by atoms with Crippen LogP contribution < -0.4 is 15.4 Å². The first kappa shape index (κ1) is 20.4. The van der Waals surface area contributed by atoms with E-state index in [0.29, 0.717) is 16.5 Å². The van der Waals surface area contributed by atoms with Gasteiger partial charge in [-0.3, -0.25) is 20.2 Å². The van der Waals surface area contributed by atoms with Gasteiger partial charge >= 0.3 is 0 Å². The number of carbonyl (C=O) groups is 1. The van der Waals surface area contributed by atoms with Gasteiger partial charge < -0.3 is 10.1 Å². The van der Waals surface area contributed by atoms with E-state index in [4.69, 9.17) is 40.2 Å². The molecule has 0 heterocycles. The number of nitrogens with zero attached hydrogens (tertiary/aromatic N) is 1. The van der Waals surface area contributed by atoms with Crippen LogP contribution in [0.5, 0.6) is 5.75 Å². The molecule has 0 saturated carbocycles. The Bertz CT molecular complexity index is 882. The van der Waals surface area contributed by atoms with Crippen molar-refractivity contribution < 1.29 is 14.5 Å². The van der Waals surface area contributed by atoms with Crippen LogP contribution in [0.25, 0.3) is 0 Å². The van der Waals surface area contributed by atoms with Crippen LogP contribution in [0.4, 0.5) is 11.4 Å². The van der Waals surface area contributed by atoms with Crippen molar-refractivity contribution in [3.8, 4) is 5.75 Å². The van der Waals surface area contributed by atoms with Crippen molar-refractivity contribution >= 4 is 73.7 Å². The highest BCUT2D eigenvalue weighted by Gasteiger charge is 2.14. The van der Waals surface area contributed by atoms with Crippen molar-refractivity contribution in [2.24, 2.45) is 0 Å². The monoisotopic (exact) mass is 477 g/mol. The highest BCUT2D eigenvalue weighted by atomic mass is 79.9. The van der Waals surface area contributed by atoms with E-state index in [2.05, 4.69) is 26.6 Å². The Kier molecular flexibility index (Phi) is 7.15. The van der Waals surface area contributed by atoms with Gasteiger partial charge in [-0.2, -0.15) is 0 Å². The Hall–Kier alpha value is -1.94. The van der Waals surface area contributed by atoms with Gasteiger partial charge in [-0.15, -0.1) is 0 Å². The number of nitro benzene ring substituents is 1. The lowest BCUT2D eigenvalue weighted by Gasteiger charge is -2.11. The third-order valence-electron chi connectivity index (χ3n) is 2.91. The molecule has 0 atom stereocenters. The summed E-state index contributed by atoms with van der Waals surface area (Å²) in [6, 6.07) is 9.02. The summed E-state index contributed by atoms with van der Waals surface area (Å²) in [6.07, 6.45) is 0. The Balaban J connectivity index is 1.90. The molecule has 0 saturated heterocycles. The topological polar surface area (TPSA) is 93.5 Å². The quantitative estimate of drug-likeness (QED) is 0.371. The van der Waals surface area contributed by atoms with Crippen LogP contribution in [-0.2, 0) is 4.79 Å². The molecule has 0 radical (unpaired) electrons. The zero-order valence-electron chi connectivity index (χ0n) is 12.8. The third-order valence-corrected chi connectivity index (χ3v) is 4.22. The maximum Gasteiger partial charge on any atom is 0.289 e. The van der Waals surface area contributed by atoms with Gasteiger partial charge in [-0.05, 0) is 42.5 Å². The second-order valence-electron chi connectivity index (χ2n) is 4.79. The predicted octanol–water partition coefficient (Wildman–Crippen LogP) is 4.56. The number of amides is 1. The van der Waals surface area contributed by atoms with Gasteiger partial charge in [0.15, 0.2) is 11.7 Å². The zero-order chi connectivity index (χ0) is 19.3. The van der Waals surface area contributed by atoms with Crippen LogP contribution in [0.15, 0.2) is 40.9 Å². The number of carbonyl (C=O) groups excluding carboxylic acids is 1. The van der Waals surface area contributed by atoms with Crippen molar-refractivity contribution in [1.82, 2.24) is 5.32 Å². The van der Waals surface area contributed by atoms with Crippen LogP contribution >= 0.6 is 51.3 Å². The molecule has 0 aliphatic heterocycles. The second kappa shape index (κ2) is 9.13. The second-order valence-corrected chi connectivity index (χ2v) is 6.93. The number of ether oxygens (including phenoxy) is 1. The summed E-state index contributed by atoms with van der Waals surface area (Å²) in [5.41, 5.74) is 0.0299. The molecule has 2 aromatic carbocycles. The molecule has 2 N–H and O–H groups in total. The third kappa shape index (κ3) is 5.80. The van der Waals surface area contributed by atoms with Crippen molar-refractivity contribution in [3.63, 3.8) is 0 Å². The minimum atomic E-state index is -0.620. The van der Waals surface area contributed by atoms with Gasteiger partial charge in [0, 0.05) is 16.2 Å². The minimum absolute atomic E-state index is 0.00437. The van der Waals surface area contributed by atoms with Gasteiger partial charge in [0.25, 0.3) is 11.6 Å². The lowest BCUT2D eigenvalue weighted by atomic mass is 10.3. The number of anilines is 1. The molecule has 2 aromatic rings. The molecule has 7 nitrogen and oxygen atoms in total. The summed E-state index contributed by atoms with van der Waals surface area (Å²) in [7, 11) is 0. The normalized spacial score (nSPS) is 10.1. The van der Waals surface area contributed by atoms with E-state index in [1.807, 2.05) is 0 Å². The van der Waals surface area contributed by atoms with Gasteiger partial charge in [0.1, 0.15) is 10.8 Å². The Labute approximate surface area is 171 Å². The molecule has 0 aromatic heterocycles. The molecule has 0 spiro atoms. The average Bonchev–Trinajstić information content (AvgIpc) is 2.55. The van der Waals surface area contributed by atoms with Gasteiger partial charge in [0.2, 0.25) is 0 Å². The van der Waals surface area contributed by atoms with Gasteiger partial charge in [-0.25, -0.2) is 0 Å². The van der Waals surface area contributed by atoms with E-state index >= 15 is 0 Å². The lowest BCUT2D eigenvalue weighted by Crippen LogP contribution is -2.37. The summed E-state index contributed by atoms with van der Waals surface area (Å²) in [5.74, 6) is -0.179. The lowest BCUT2D eigenvalue weighted by molar-refractivity contribution is -0.384. The van der Waals surface area contributed by atoms with Crippen LogP contribution in [-0.4, -0.2) is 22.5 Å². The Morgan fingerprint density at radius 1 is 1.23 bits per heavy atom. The van der Waals surface area contributed by atoms with E-state index < -0.39 is 10.8 Å². The molecule has 0 bridgehead atoms. The highest BCUT2D eigenvalue weighted by Crippen LogP contribution is 2.28. The van der Waals surface area contributed by atoms with Crippen molar-refractivity contribution in [1.29, 1.82) is 0 Å². The smallest absolute Gasteiger partial charge is 0.289 e. The molecular formula is C15H10BrCl2N3O4S. The number of nitro groups is 1. The van der Waals surface area contributed by atoms with Gasteiger partial charge in [0.05, 0.1) is 9.95 Å². The molecule has 0 unspecified atom stereocenters. The Morgan fingerprint density at radius 2 is 1.96 bits per heavy atom. The van der Waals surface area contributed by atoms with Crippen LogP contribution in [0.1, 0.15) is 0 Å². The Morgan fingerprint density at radius 3 is 2.62 bits per heavy atom. The minimum Gasteiger partial charge on any atom is -0.482 e. The van der Waals surface area contributed by atoms with E-state index in [1.54, 1.807) is 18.2 Å². The van der Waals surface area contributed by atoms with Crippen LogP contribution in [0.3, 0.4) is 0 Å². The number of hydrogen-bond acceptors (Lipinski definition) is 5. The molecule has 1 amide bonds. The largest absolute Gasteiger partial charge is 0.482 e. The number of thiocarbonyl (C=S) groups is 1. The first-order chi connectivity index (χ1) is 12.3. The molecule has 11 heteroatoms. The highest BCUT2D eigenvalue weighted by molar-refractivity contribution is 9.10. The van der Waals surface area contributed by atoms with Crippen LogP contribution in [0.2, 0.25) is 10.0 Å². The summed E-state index contributed by atoms with van der Waals surface area (Å²) in [5, 5.41) is 16.2. The molecule has 0 aliphatic carbocycles. The fraction of sp³-hybridized carbons (Fsp3) is 0.0667. The standard InChI is InChI=1S/C15H10BrCl2N3O4S/c16-8-1-4-13(11(18)5-8)25-7-14(22)20-15(26)19-9-2-3-10(17)12(6-9)21(23)24/h1-6H,7H2,(H2,19,20,22,26). The summed E-state index contributed by atoms with van der Waals surface area (Å²) in [4.78, 5) is 22.1. The number of nitrogens with one attached hydrogen (secondary N) is 2. The summed E-state index contributed by atoms with van der Waals surface area (Å²) >= 11 is 20.0. The van der Waals surface area contributed by atoms with Crippen molar-refractivity contribution in [3.05, 3.63) is 61.0 Å². The average molecular weight is 479 g/mol. The fourth-order valence-corrected chi connectivity index (χ4v) is 2.94. The predicted molar refractivity (Wildman–Crippen MR) is 107 cm³/mol. The van der Waals surface area contributed by atoms with E-state index in [0.717, 1.165) is 4.47 Å². The van der Waals surface area contributed by atoms with Crippen molar-refractivity contribution in [2.75, 3.05) is 11.9 Å². The maximum atomic E-state index is 11.9. The molecule has 2 rings (SSSR count). The molecule has 26 heavy (non-hydrogen) atoms. The molecular weight excluding hydrogens is 469 g/mol. The zero-order valence-corrected chi connectivity index (χ0v) is 16.7. The molecule has 0 aliphatic rings. The number of hydrogen-bond donors (Lipinski definition) is 2. The van der Waals surface area contributed by atoms with Gasteiger partial charge in [-0.1, -0.05) is 39.1 Å². The number of rotatable bonds is 5. The molecule has 136 valence electrons. The summed E-state index contributed by atoms with van der Waals surface area (Å²) < 4.78 is 6.09. The summed E-state index contributed by atoms with van der Waals surface area (Å²) in [6.45, 7) is -0.316.